The molecule has 1 aromatic carbocycles. The lowest BCUT2D eigenvalue weighted by Crippen LogP contribution is -2.53. The summed E-state index contributed by atoms with van der Waals surface area (Å²) in [5.41, 5.74) is 6.70. The van der Waals surface area contributed by atoms with Crippen molar-refractivity contribution < 1.29 is 23.9 Å². The van der Waals surface area contributed by atoms with Crippen LogP contribution in [0.15, 0.2) is 24.3 Å². The summed E-state index contributed by atoms with van der Waals surface area (Å²) in [5, 5.41) is 3.58. The van der Waals surface area contributed by atoms with Gasteiger partial charge in [-0.15, -0.1) is 0 Å². The first kappa shape index (κ1) is 23.4. The molecular formula is C26H32N4O5. The number of nitrogens with one attached hydrogen (secondary N) is 2. The van der Waals surface area contributed by atoms with Crippen molar-refractivity contribution >= 4 is 34.4 Å². The number of Topliss-reactive ketones (excluding diaryl/α,β-unsaturated/α-hetero) is 1. The molecule has 3 fully saturated rings. The number of nitrogens with two attached hydrogens (primary N) is 1. The van der Waals surface area contributed by atoms with Crippen molar-refractivity contribution in [2.75, 3.05) is 13.7 Å². The number of likely N-dealkylation sites (tertiary alicyclic amines) is 1. The molecule has 186 valence electrons. The van der Waals surface area contributed by atoms with E-state index in [1.807, 2.05) is 18.2 Å². The fraction of sp³-hybridized carbons (Fsp3) is 0.538. The highest BCUT2D eigenvalue weighted by Gasteiger charge is 2.52. The molecule has 9 heteroatoms. The standard InChI is InChI=1S/C26H32N4O5/c1-35-22-8-3-6-17-16(22)12-19(28-17)25(34)30-14-26(9-4-10-26)13-20(30)24(33)29-18(23(27)32)11-15-5-2-7-21(15)31/h3,6,8,12,15,18,20,28H,2,4-5,7,9-11,13-14H2,1H3,(H2,27,32)(H,29,33)/t15-,18-,20-/m0/s1. The fourth-order valence-electron chi connectivity index (χ4n) is 6.05. The molecule has 1 saturated heterocycles. The lowest BCUT2D eigenvalue weighted by atomic mass is 9.67. The van der Waals surface area contributed by atoms with Crippen LogP contribution in [-0.2, 0) is 14.4 Å². The fourth-order valence-corrected chi connectivity index (χ4v) is 6.05. The first-order valence-electron chi connectivity index (χ1n) is 12.4. The van der Waals surface area contributed by atoms with E-state index in [-0.39, 0.29) is 35.4 Å². The van der Waals surface area contributed by atoms with E-state index in [2.05, 4.69) is 10.3 Å². The number of ketones is 1. The molecule has 1 aromatic heterocycles. The average Bonchev–Trinajstić information content (AvgIpc) is 3.54. The molecule has 1 aliphatic heterocycles. The minimum Gasteiger partial charge on any atom is -0.496 e. The maximum atomic E-state index is 13.6. The second-order valence-corrected chi connectivity index (χ2v) is 10.4. The van der Waals surface area contributed by atoms with Gasteiger partial charge in [0.1, 0.15) is 29.3 Å². The predicted molar refractivity (Wildman–Crippen MR) is 129 cm³/mol. The maximum absolute atomic E-state index is 13.6. The summed E-state index contributed by atoms with van der Waals surface area (Å²) in [6, 6.07) is 5.69. The summed E-state index contributed by atoms with van der Waals surface area (Å²) in [4.78, 5) is 56.1. The summed E-state index contributed by atoms with van der Waals surface area (Å²) in [5.74, 6) is -0.775. The SMILES string of the molecule is COc1cccc2[nH]c(C(=O)N3CC4(CCC4)C[C@H]3C(=O)N[C@@H](C[C@@H]3CCCC3=O)C(N)=O)cc12. The number of benzene rings is 1. The van der Waals surface area contributed by atoms with Crippen LogP contribution in [0.25, 0.3) is 10.9 Å². The summed E-state index contributed by atoms with van der Waals surface area (Å²) in [7, 11) is 1.58. The Balaban J connectivity index is 1.37. The monoisotopic (exact) mass is 480 g/mol. The number of hydrogen-bond donors (Lipinski definition) is 3. The number of primary amides is 1. The van der Waals surface area contributed by atoms with Crippen molar-refractivity contribution in [2.45, 2.75) is 63.5 Å². The quantitative estimate of drug-likeness (QED) is 0.559. The number of aromatic nitrogens is 1. The van der Waals surface area contributed by atoms with Crippen LogP contribution in [0.2, 0.25) is 0 Å². The first-order valence-corrected chi connectivity index (χ1v) is 12.4. The van der Waals surface area contributed by atoms with E-state index in [4.69, 9.17) is 10.5 Å². The largest absolute Gasteiger partial charge is 0.496 e. The topological polar surface area (TPSA) is 135 Å². The van der Waals surface area contributed by atoms with Crippen molar-refractivity contribution in [2.24, 2.45) is 17.1 Å². The third-order valence-corrected chi connectivity index (χ3v) is 8.17. The average molecular weight is 481 g/mol. The van der Waals surface area contributed by atoms with Crippen molar-refractivity contribution in [3.05, 3.63) is 30.0 Å². The normalized spacial score (nSPS) is 23.9. The molecule has 0 unspecified atom stereocenters. The number of methoxy groups -OCH3 is 1. The lowest BCUT2D eigenvalue weighted by molar-refractivity contribution is -0.131. The van der Waals surface area contributed by atoms with E-state index in [0.717, 1.165) is 36.6 Å². The van der Waals surface area contributed by atoms with E-state index >= 15 is 0 Å². The molecule has 9 nitrogen and oxygen atoms in total. The number of rotatable bonds is 7. The Hall–Kier alpha value is -3.36. The van der Waals surface area contributed by atoms with Gasteiger partial charge in [-0.25, -0.2) is 0 Å². The molecule has 3 atom stereocenters. The Kier molecular flexibility index (Phi) is 6.02. The smallest absolute Gasteiger partial charge is 0.271 e. The molecule has 3 amide bonds. The van der Waals surface area contributed by atoms with E-state index in [9.17, 15) is 19.2 Å². The Morgan fingerprint density at radius 2 is 2.09 bits per heavy atom. The van der Waals surface area contributed by atoms with Gasteiger partial charge in [-0.3, -0.25) is 19.2 Å². The Labute approximate surface area is 203 Å². The highest BCUT2D eigenvalue weighted by Crippen LogP contribution is 2.50. The molecule has 0 radical (unpaired) electrons. The van der Waals surface area contributed by atoms with E-state index in [0.29, 0.717) is 37.3 Å². The number of carbonyl (C=O) groups excluding carboxylic acids is 4. The van der Waals surface area contributed by atoms with Crippen LogP contribution in [-0.4, -0.2) is 59.1 Å². The number of ether oxygens (including phenoxy) is 1. The number of carbonyl (C=O) groups is 4. The van der Waals surface area contributed by atoms with Crippen LogP contribution in [0.5, 0.6) is 5.75 Å². The first-order chi connectivity index (χ1) is 16.8. The molecule has 5 rings (SSSR count). The summed E-state index contributed by atoms with van der Waals surface area (Å²) >= 11 is 0. The van der Waals surface area contributed by atoms with Gasteiger partial charge in [-0.2, -0.15) is 0 Å². The molecule has 35 heavy (non-hydrogen) atoms. The molecule has 1 spiro atoms. The second-order valence-electron chi connectivity index (χ2n) is 10.4. The number of fused-ring (bicyclic) bond motifs is 1. The van der Waals surface area contributed by atoms with Gasteiger partial charge < -0.3 is 25.7 Å². The van der Waals surface area contributed by atoms with Gasteiger partial charge in [0, 0.05) is 29.8 Å². The van der Waals surface area contributed by atoms with Gasteiger partial charge in [0.25, 0.3) is 5.91 Å². The number of hydrogen-bond acceptors (Lipinski definition) is 5. The van der Waals surface area contributed by atoms with Crippen molar-refractivity contribution in [1.82, 2.24) is 15.2 Å². The van der Waals surface area contributed by atoms with Crippen LogP contribution in [0.1, 0.15) is 61.9 Å². The van der Waals surface area contributed by atoms with Gasteiger partial charge in [-0.1, -0.05) is 12.5 Å². The van der Waals surface area contributed by atoms with Crippen molar-refractivity contribution in [1.29, 1.82) is 0 Å². The minimum absolute atomic E-state index is 0.0645. The molecule has 4 N–H and O–H groups in total. The zero-order valence-corrected chi connectivity index (χ0v) is 20.0. The third kappa shape index (κ3) is 4.28. The molecular weight excluding hydrogens is 448 g/mol. The zero-order valence-electron chi connectivity index (χ0n) is 20.0. The maximum Gasteiger partial charge on any atom is 0.271 e. The van der Waals surface area contributed by atoms with Crippen LogP contribution in [0, 0.1) is 11.3 Å². The highest BCUT2D eigenvalue weighted by molar-refractivity contribution is 6.02. The van der Waals surface area contributed by atoms with Crippen molar-refractivity contribution in [3.63, 3.8) is 0 Å². The van der Waals surface area contributed by atoms with E-state index in [1.165, 1.54) is 0 Å². The van der Waals surface area contributed by atoms with Gasteiger partial charge in [-0.05, 0) is 62.1 Å². The Morgan fingerprint density at radius 1 is 1.29 bits per heavy atom. The number of amides is 3. The summed E-state index contributed by atoms with van der Waals surface area (Å²) in [6.45, 7) is 0.499. The molecule has 2 aromatic rings. The van der Waals surface area contributed by atoms with Crippen LogP contribution < -0.4 is 15.8 Å². The third-order valence-electron chi connectivity index (χ3n) is 8.17. The molecule has 0 bridgehead atoms. The van der Waals surface area contributed by atoms with Crippen LogP contribution in [0.4, 0.5) is 0 Å². The number of nitrogens with zero attached hydrogens (tertiary/aromatic N) is 1. The van der Waals surface area contributed by atoms with Gasteiger partial charge in [0.05, 0.1) is 7.11 Å². The van der Waals surface area contributed by atoms with Gasteiger partial charge >= 0.3 is 0 Å². The molecule has 2 heterocycles. The molecule has 2 aliphatic carbocycles. The minimum atomic E-state index is -0.929. The summed E-state index contributed by atoms with van der Waals surface area (Å²) in [6.07, 6.45) is 5.80. The van der Waals surface area contributed by atoms with Crippen LogP contribution >= 0.6 is 0 Å². The van der Waals surface area contributed by atoms with Gasteiger partial charge in [0.2, 0.25) is 11.8 Å². The summed E-state index contributed by atoms with van der Waals surface area (Å²) < 4.78 is 5.42. The predicted octanol–water partition coefficient (Wildman–Crippen LogP) is 2.29. The second kappa shape index (κ2) is 9.02. The number of aromatic amines is 1. The molecule has 3 aliphatic rings. The van der Waals surface area contributed by atoms with Gasteiger partial charge in [0.15, 0.2) is 0 Å². The van der Waals surface area contributed by atoms with E-state index < -0.39 is 18.0 Å². The number of H-pyrrole nitrogens is 1. The van der Waals surface area contributed by atoms with Crippen LogP contribution in [0.3, 0.4) is 0 Å². The van der Waals surface area contributed by atoms with Crippen molar-refractivity contribution in [3.8, 4) is 5.75 Å². The highest BCUT2D eigenvalue weighted by atomic mass is 16.5. The zero-order chi connectivity index (χ0) is 24.7. The lowest BCUT2D eigenvalue weighted by Gasteiger charge is -2.37. The van der Waals surface area contributed by atoms with E-state index in [1.54, 1.807) is 18.1 Å². The molecule has 2 saturated carbocycles. The Bertz CT molecular complexity index is 1180. The Morgan fingerprint density at radius 3 is 2.71 bits per heavy atom.